The number of nitrogens with zero attached hydrogens (tertiary/aromatic N) is 2. The summed E-state index contributed by atoms with van der Waals surface area (Å²) in [5, 5.41) is 3.31. The smallest absolute Gasteiger partial charge is 0.257 e. The number of aryl methyl sites for hydroxylation is 2. The van der Waals surface area contributed by atoms with Crippen molar-refractivity contribution in [2.24, 2.45) is 0 Å². The molecule has 0 saturated carbocycles. The number of rotatable bonds is 3. The molecule has 3 aromatic rings. The lowest BCUT2D eigenvalue weighted by molar-refractivity contribution is 0.102. The monoisotopic (exact) mass is 309 g/mol. The Bertz CT molecular complexity index is 809. The first-order valence-corrected chi connectivity index (χ1v) is 7.68. The fourth-order valence-electron chi connectivity index (χ4n) is 2.09. The van der Waals surface area contributed by atoms with E-state index in [0.29, 0.717) is 16.5 Å². The summed E-state index contributed by atoms with van der Waals surface area (Å²) >= 11 is 1.18. The average molecular weight is 309 g/mol. The molecule has 0 unspecified atom stereocenters. The molecule has 110 valence electrons. The molecule has 1 heterocycles. The van der Waals surface area contributed by atoms with Crippen molar-refractivity contribution in [3.8, 4) is 11.4 Å². The number of carbonyl (C=O) groups excluding carboxylic acids is 1. The van der Waals surface area contributed by atoms with Gasteiger partial charge in [0.05, 0.1) is 0 Å². The number of hydrogen-bond donors (Lipinski definition) is 1. The lowest BCUT2D eigenvalue weighted by Gasteiger charge is -2.04. The quantitative estimate of drug-likeness (QED) is 0.793. The normalized spacial score (nSPS) is 10.5. The van der Waals surface area contributed by atoms with Gasteiger partial charge in [0.15, 0.2) is 5.82 Å². The number of benzene rings is 2. The van der Waals surface area contributed by atoms with E-state index in [9.17, 15) is 4.79 Å². The van der Waals surface area contributed by atoms with Crippen LogP contribution in [0.25, 0.3) is 11.4 Å². The number of carbonyl (C=O) groups is 1. The molecule has 2 aromatic carbocycles. The van der Waals surface area contributed by atoms with E-state index in [-0.39, 0.29) is 5.91 Å². The lowest BCUT2D eigenvalue weighted by atomic mass is 10.1. The second kappa shape index (κ2) is 6.07. The van der Waals surface area contributed by atoms with Crippen molar-refractivity contribution in [3.63, 3.8) is 0 Å². The van der Waals surface area contributed by atoms with Crippen LogP contribution in [-0.2, 0) is 0 Å². The second-order valence-electron chi connectivity index (χ2n) is 5.06. The summed E-state index contributed by atoms with van der Waals surface area (Å²) in [5.74, 6) is 0.467. The van der Waals surface area contributed by atoms with E-state index in [1.54, 1.807) is 6.07 Å². The van der Waals surface area contributed by atoms with Gasteiger partial charge in [-0.2, -0.15) is 9.36 Å². The maximum Gasteiger partial charge on any atom is 0.257 e. The molecule has 0 radical (unpaired) electrons. The van der Waals surface area contributed by atoms with Gasteiger partial charge in [-0.05, 0) is 25.5 Å². The summed E-state index contributed by atoms with van der Waals surface area (Å²) in [5.41, 5.74) is 3.71. The highest BCUT2D eigenvalue weighted by molar-refractivity contribution is 7.10. The van der Waals surface area contributed by atoms with Crippen LogP contribution in [0.2, 0.25) is 0 Å². The molecule has 1 amide bonds. The molecule has 0 atom stereocenters. The van der Waals surface area contributed by atoms with Gasteiger partial charge in [0, 0.05) is 22.7 Å². The number of aromatic nitrogens is 2. The molecule has 4 nitrogen and oxygen atoms in total. The Balaban J connectivity index is 1.78. The molecule has 0 aliphatic heterocycles. The molecule has 5 heteroatoms. The van der Waals surface area contributed by atoms with Crippen molar-refractivity contribution in [1.82, 2.24) is 9.36 Å². The highest BCUT2D eigenvalue weighted by Crippen LogP contribution is 2.22. The summed E-state index contributed by atoms with van der Waals surface area (Å²) in [6.45, 7) is 3.94. The van der Waals surface area contributed by atoms with Crippen LogP contribution in [0.1, 0.15) is 21.5 Å². The standard InChI is InChI=1S/C17H15N3OS/c1-11-7-9-13(10-8-11)15-18-17(22-20-15)19-16(21)14-6-4-3-5-12(14)2/h3-10H,1-2H3,(H,18,19,20,21). The van der Waals surface area contributed by atoms with Gasteiger partial charge in [-0.15, -0.1) is 0 Å². The van der Waals surface area contributed by atoms with Gasteiger partial charge < -0.3 is 0 Å². The third-order valence-corrected chi connectivity index (χ3v) is 3.98. The van der Waals surface area contributed by atoms with Crippen molar-refractivity contribution in [3.05, 3.63) is 65.2 Å². The lowest BCUT2D eigenvalue weighted by Crippen LogP contribution is -2.12. The number of anilines is 1. The third kappa shape index (κ3) is 3.04. The molecule has 0 aliphatic rings. The first-order chi connectivity index (χ1) is 10.6. The zero-order chi connectivity index (χ0) is 15.5. The van der Waals surface area contributed by atoms with Gasteiger partial charge in [0.1, 0.15) is 0 Å². The van der Waals surface area contributed by atoms with Gasteiger partial charge in [-0.25, -0.2) is 0 Å². The first kappa shape index (κ1) is 14.4. The molecule has 1 N–H and O–H groups in total. The van der Waals surface area contributed by atoms with Crippen LogP contribution in [-0.4, -0.2) is 15.3 Å². The maximum absolute atomic E-state index is 12.3. The first-order valence-electron chi connectivity index (χ1n) is 6.91. The second-order valence-corrected chi connectivity index (χ2v) is 5.81. The molecule has 1 aromatic heterocycles. The van der Waals surface area contributed by atoms with Gasteiger partial charge in [0.2, 0.25) is 5.13 Å². The van der Waals surface area contributed by atoms with Crippen molar-refractivity contribution < 1.29 is 4.79 Å². The van der Waals surface area contributed by atoms with E-state index in [1.165, 1.54) is 17.1 Å². The van der Waals surface area contributed by atoms with Crippen LogP contribution >= 0.6 is 11.5 Å². The summed E-state index contributed by atoms with van der Waals surface area (Å²) in [6, 6.07) is 15.4. The highest BCUT2D eigenvalue weighted by atomic mass is 32.1. The Morgan fingerprint density at radius 1 is 1.05 bits per heavy atom. The van der Waals surface area contributed by atoms with E-state index in [0.717, 1.165) is 11.1 Å². The van der Waals surface area contributed by atoms with Crippen LogP contribution in [0.3, 0.4) is 0 Å². The van der Waals surface area contributed by atoms with Crippen LogP contribution < -0.4 is 5.32 Å². The van der Waals surface area contributed by atoms with Crippen molar-refractivity contribution in [2.75, 3.05) is 5.32 Å². The number of amides is 1. The van der Waals surface area contributed by atoms with Gasteiger partial charge in [-0.1, -0.05) is 48.0 Å². The predicted molar refractivity (Wildman–Crippen MR) is 89.2 cm³/mol. The predicted octanol–water partition coefficient (Wildman–Crippen LogP) is 4.07. The fraction of sp³-hybridized carbons (Fsp3) is 0.118. The van der Waals surface area contributed by atoms with Crippen molar-refractivity contribution in [1.29, 1.82) is 0 Å². The van der Waals surface area contributed by atoms with E-state index < -0.39 is 0 Å². The molecular formula is C17H15N3OS. The number of nitrogens with one attached hydrogen (secondary N) is 1. The molecule has 0 aliphatic carbocycles. The molecule has 3 rings (SSSR count). The van der Waals surface area contributed by atoms with E-state index in [1.807, 2.05) is 56.3 Å². The Labute approximate surface area is 133 Å². The zero-order valence-corrected chi connectivity index (χ0v) is 13.1. The van der Waals surface area contributed by atoms with E-state index in [2.05, 4.69) is 14.7 Å². The minimum Gasteiger partial charge on any atom is -0.297 e. The molecule has 22 heavy (non-hydrogen) atoms. The third-order valence-electron chi connectivity index (χ3n) is 3.35. The van der Waals surface area contributed by atoms with Crippen LogP contribution in [0, 0.1) is 13.8 Å². The zero-order valence-electron chi connectivity index (χ0n) is 12.3. The van der Waals surface area contributed by atoms with Crippen molar-refractivity contribution >= 4 is 22.6 Å². The maximum atomic E-state index is 12.3. The Kier molecular flexibility index (Phi) is 3.98. The highest BCUT2D eigenvalue weighted by Gasteiger charge is 2.12. The van der Waals surface area contributed by atoms with Gasteiger partial charge in [-0.3, -0.25) is 10.1 Å². The molecule has 0 saturated heterocycles. The Morgan fingerprint density at radius 2 is 1.77 bits per heavy atom. The van der Waals surface area contributed by atoms with Gasteiger partial charge in [0.25, 0.3) is 5.91 Å². The molecule has 0 spiro atoms. The van der Waals surface area contributed by atoms with E-state index >= 15 is 0 Å². The summed E-state index contributed by atoms with van der Waals surface area (Å²) < 4.78 is 4.30. The topological polar surface area (TPSA) is 54.9 Å². The van der Waals surface area contributed by atoms with Crippen LogP contribution in [0.4, 0.5) is 5.13 Å². The van der Waals surface area contributed by atoms with E-state index in [4.69, 9.17) is 0 Å². The van der Waals surface area contributed by atoms with Gasteiger partial charge >= 0.3 is 0 Å². The molecule has 0 fully saturated rings. The summed E-state index contributed by atoms with van der Waals surface area (Å²) in [4.78, 5) is 16.6. The van der Waals surface area contributed by atoms with Crippen LogP contribution in [0.15, 0.2) is 48.5 Å². The molecular weight excluding hydrogens is 294 g/mol. The summed E-state index contributed by atoms with van der Waals surface area (Å²) in [6.07, 6.45) is 0. The minimum atomic E-state index is -0.162. The largest absolute Gasteiger partial charge is 0.297 e. The minimum absolute atomic E-state index is 0.162. The number of hydrogen-bond acceptors (Lipinski definition) is 4. The Morgan fingerprint density at radius 3 is 2.50 bits per heavy atom. The Hall–Kier alpha value is -2.53. The SMILES string of the molecule is Cc1ccc(-c2nsc(NC(=O)c3ccccc3C)n2)cc1. The summed E-state index contributed by atoms with van der Waals surface area (Å²) in [7, 11) is 0. The average Bonchev–Trinajstić information content (AvgIpc) is 2.97. The fourth-order valence-corrected chi connectivity index (χ4v) is 2.67. The van der Waals surface area contributed by atoms with Crippen LogP contribution in [0.5, 0.6) is 0 Å². The molecule has 0 bridgehead atoms. The van der Waals surface area contributed by atoms with Crippen molar-refractivity contribution in [2.45, 2.75) is 13.8 Å².